The molecule has 0 unspecified atom stereocenters. The number of benzene rings is 1. The highest BCUT2D eigenvalue weighted by molar-refractivity contribution is 7.17. The van der Waals surface area contributed by atoms with Gasteiger partial charge < -0.3 is 9.84 Å². The van der Waals surface area contributed by atoms with Crippen LogP contribution in [0.3, 0.4) is 0 Å². The van der Waals surface area contributed by atoms with E-state index in [0.29, 0.717) is 0 Å². The molecule has 0 atom stereocenters. The minimum absolute atomic E-state index is 0.801. The van der Waals surface area contributed by atoms with Crippen LogP contribution in [0.15, 0.2) is 23.6 Å². The molecule has 0 saturated carbocycles. The molecule has 2 nitrogen and oxygen atoms in total. The van der Waals surface area contributed by atoms with Crippen LogP contribution >= 0.6 is 11.3 Å². The molecule has 0 radical (unpaired) electrons. The van der Waals surface area contributed by atoms with Gasteiger partial charge in [-0.15, -0.1) is 11.3 Å². The Morgan fingerprint density at radius 2 is 2.07 bits per heavy atom. The highest BCUT2D eigenvalue weighted by Crippen LogP contribution is 2.35. The lowest BCUT2D eigenvalue weighted by molar-refractivity contribution is 0.0806. The molecule has 1 heterocycles. The third-order valence-corrected chi connectivity index (χ3v) is 3.40. The second-order valence-corrected chi connectivity index (χ2v) is 4.98. The van der Waals surface area contributed by atoms with Gasteiger partial charge in [0.05, 0.1) is 12.7 Å². The van der Waals surface area contributed by atoms with Crippen LogP contribution in [0.1, 0.15) is 19.4 Å². The molecule has 0 aliphatic rings. The number of aliphatic hydroxyl groups is 1. The van der Waals surface area contributed by atoms with Crippen molar-refractivity contribution in [3.8, 4) is 5.75 Å². The van der Waals surface area contributed by atoms with Gasteiger partial charge in [-0.1, -0.05) is 0 Å². The third-order valence-electron chi connectivity index (χ3n) is 2.44. The predicted octanol–water partition coefficient (Wildman–Crippen LogP) is 3.14. The molecule has 0 aliphatic carbocycles. The van der Waals surface area contributed by atoms with E-state index in [1.165, 1.54) is 4.70 Å². The lowest BCUT2D eigenvalue weighted by Crippen LogP contribution is -2.14. The van der Waals surface area contributed by atoms with Crippen molar-refractivity contribution >= 4 is 21.4 Å². The molecule has 2 rings (SSSR count). The minimum atomic E-state index is -0.801. The lowest BCUT2D eigenvalue weighted by atomic mass is 9.98. The fraction of sp³-hybridized carbons (Fsp3) is 0.333. The first-order valence-electron chi connectivity index (χ1n) is 4.80. The number of hydrogen-bond donors (Lipinski definition) is 1. The zero-order valence-electron chi connectivity index (χ0n) is 9.07. The van der Waals surface area contributed by atoms with E-state index >= 15 is 0 Å². The molecule has 0 fully saturated rings. The Labute approximate surface area is 93.1 Å². The molecule has 3 heteroatoms. The smallest absolute Gasteiger partial charge is 0.119 e. The van der Waals surface area contributed by atoms with Crippen molar-refractivity contribution in [1.82, 2.24) is 0 Å². The van der Waals surface area contributed by atoms with E-state index in [9.17, 15) is 5.11 Å². The van der Waals surface area contributed by atoms with Crippen LogP contribution in [0.2, 0.25) is 0 Å². The number of hydrogen-bond acceptors (Lipinski definition) is 3. The maximum absolute atomic E-state index is 10.0. The van der Waals surface area contributed by atoms with Gasteiger partial charge in [0.15, 0.2) is 0 Å². The van der Waals surface area contributed by atoms with E-state index < -0.39 is 5.60 Å². The summed E-state index contributed by atoms with van der Waals surface area (Å²) in [4.78, 5) is 0. The Kier molecular flexibility index (Phi) is 2.44. The van der Waals surface area contributed by atoms with E-state index in [1.807, 2.05) is 23.6 Å². The van der Waals surface area contributed by atoms with Crippen molar-refractivity contribution in [3.05, 3.63) is 29.1 Å². The Hall–Kier alpha value is -1.06. The average Bonchev–Trinajstić information content (AvgIpc) is 2.59. The van der Waals surface area contributed by atoms with Gasteiger partial charge in [0.1, 0.15) is 5.75 Å². The van der Waals surface area contributed by atoms with Gasteiger partial charge in [-0.05, 0) is 37.4 Å². The summed E-state index contributed by atoms with van der Waals surface area (Å²) in [6.45, 7) is 3.60. The molecule has 0 saturated heterocycles. The maximum Gasteiger partial charge on any atom is 0.119 e. The molecule has 1 aromatic heterocycles. The second-order valence-electron chi connectivity index (χ2n) is 4.07. The normalized spacial score (nSPS) is 12.0. The van der Waals surface area contributed by atoms with Gasteiger partial charge >= 0.3 is 0 Å². The Balaban J connectivity index is 2.67. The number of rotatable bonds is 2. The molecule has 0 bridgehead atoms. The summed E-state index contributed by atoms with van der Waals surface area (Å²) in [7, 11) is 1.65. The summed E-state index contributed by atoms with van der Waals surface area (Å²) in [5.74, 6) is 0.825. The Morgan fingerprint density at radius 1 is 1.33 bits per heavy atom. The largest absolute Gasteiger partial charge is 0.497 e. The molecule has 15 heavy (non-hydrogen) atoms. The van der Waals surface area contributed by atoms with Gasteiger partial charge in [0, 0.05) is 15.6 Å². The first kappa shape index (κ1) is 10.5. The number of ether oxygens (including phenoxy) is 1. The van der Waals surface area contributed by atoms with Gasteiger partial charge in [-0.25, -0.2) is 0 Å². The summed E-state index contributed by atoms with van der Waals surface area (Å²) >= 11 is 1.64. The first-order chi connectivity index (χ1) is 7.02. The fourth-order valence-corrected chi connectivity index (χ4v) is 2.71. The number of methoxy groups -OCH3 is 1. The van der Waals surface area contributed by atoms with Gasteiger partial charge in [0.2, 0.25) is 0 Å². The summed E-state index contributed by atoms with van der Waals surface area (Å²) in [5, 5.41) is 13.1. The molecule has 80 valence electrons. The van der Waals surface area contributed by atoms with Crippen molar-refractivity contribution in [2.24, 2.45) is 0 Å². The maximum atomic E-state index is 10.0. The predicted molar refractivity (Wildman–Crippen MR) is 63.6 cm³/mol. The zero-order chi connectivity index (χ0) is 11.1. The fourth-order valence-electron chi connectivity index (χ4n) is 1.61. The molecule has 1 aromatic carbocycles. The molecule has 1 N–H and O–H groups in total. The standard InChI is InChI=1S/C12H14O2S/c1-12(2,13)10-7-15-11-5-4-8(14-3)6-9(10)11/h4-7,13H,1-3H3. The van der Waals surface area contributed by atoms with Gasteiger partial charge in [-0.2, -0.15) is 0 Å². The van der Waals surface area contributed by atoms with Crippen LogP contribution in [0, 0.1) is 0 Å². The Bertz CT molecular complexity index is 480. The molecular weight excluding hydrogens is 208 g/mol. The number of thiophene rings is 1. The van der Waals surface area contributed by atoms with Crippen molar-refractivity contribution in [3.63, 3.8) is 0 Å². The van der Waals surface area contributed by atoms with E-state index in [2.05, 4.69) is 0 Å². The molecule has 0 aliphatic heterocycles. The molecule has 2 aromatic rings. The van der Waals surface area contributed by atoms with E-state index in [0.717, 1.165) is 16.7 Å². The van der Waals surface area contributed by atoms with E-state index in [-0.39, 0.29) is 0 Å². The third kappa shape index (κ3) is 1.85. The van der Waals surface area contributed by atoms with Crippen LogP contribution in [0.5, 0.6) is 5.75 Å². The second kappa shape index (κ2) is 3.51. The van der Waals surface area contributed by atoms with E-state index in [1.54, 1.807) is 32.3 Å². The van der Waals surface area contributed by atoms with Crippen LogP contribution < -0.4 is 4.74 Å². The van der Waals surface area contributed by atoms with Crippen molar-refractivity contribution in [2.45, 2.75) is 19.4 Å². The number of fused-ring (bicyclic) bond motifs is 1. The topological polar surface area (TPSA) is 29.5 Å². The summed E-state index contributed by atoms with van der Waals surface area (Å²) in [6, 6.07) is 5.93. The van der Waals surface area contributed by atoms with E-state index in [4.69, 9.17) is 4.74 Å². The monoisotopic (exact) mass is 222 g/mol. The molecule has 0 spiro atoms. The van der Waals surface area contributed by atoms with Crippen molar-refractivity contribution < 1.29 is 9.84 Å². The van der Waals surface area contributed by atoms with Crippen LogP contribution in [-0.4, -0.2) is 12.2 Å². The zero-order valence-corrected chi connectivity index (χ0v) is 9.89. The summed E-state index contributed by atoms with van der Waals surface area (Å²) in [5.41, 5.74) is 0.159. The highest BCUT2D eigenvalue weighted by atomic mass is 32.1. The highest BCUT2D eigenvalue weighted by Gasteiger charge is 2.20. The van der Waals surface area contributed by atoms with Crippen LogP contribution in [-0.2, 0) is 5.60 Å². The quantitative estimate of drug-likeness (QED) is 0.846. The molecular formula is C12H14O2S. The van der Waals surface area contributed by atoms with Gasteiger partial charge in [-0.3, -0.25) is 0 Å². The van der Waals surface area contributed by atoms with Gasteiger partial charge in [0.25, 0.3) is 0 Å². The summed E-state index contributed by atoms with van der Waals surface area (Å²) < 4.78 is 6.36. The minimum Gasteiger partial charge on any atom is -0.497 e. The van der Waals surface area contributed by atoms with Crippen LogP contribution in [0.4, 0.5) is 0 Å². The van der Waals surface area contributed by atoms with Crippen LogP contribution in [0.25, 0.3) is 10.1 Å². The summed E-state index contributed by atoms with van der Waals surface area (Å²) in [6.07, 6.45) is 0. The van der Waals surface area contributed by atoms with Crippen molar-refractivity contribution in [2.75, 3.05) is 7.11 Å². The van der Waals surface area contributed by atoms with Crippen molar-refractivity contribution in [1.29, 1.82) is 0 Å². The average molecular weight is 222 g/mol. The SMILES string of the molecule is COc1ccc2scc(C(C)(C)O)c2c1. The lowest BCUT2D eigenvalue weighted by Gasteiger charge is -2.16. The Morgan fingerprint density at radius 3 is 2.67 bits per heavy atom. The molecule has 0 amide bonds. The first-order valence-corrected chi connectivity index (χ1v) is 5.68.